The summed E-state index contributed by atoms with van der Waals surface area (Å²) in [5.41, 5.74) is 1.81. The van der Waals surface area contributed by atoms with Gasteiger partial charge in [0.25, 0.3) is 0 Å². The van der Waals surface area contributed by atoms with E-state index in [1.54, 1.807) is 6.07 Å². The van der Waals surface area contributed by atoms with Crippen molar-refractivity contribution in [2.24, 2.45) is 0 Å². The summed E-state index contributed by atoms with van der Waals surface area (Å²) in [5, 5.41) is 3.60. The van der Waals surface area contributed by atoms with E-state index < -0.39 is 0 Å². The Labute approximate surface area is 112 Å². The summed E-state index contributed by atoms with van der Waals surface area (Å²) in [6.45, 7) is 3.95. The SMILES string of the molecule is CC1CNC[C@H]2Cc3ccc(Cl)c(F)c3N12.Cl. The van der Waals surface area contributed by atoms with Crippen molar-refractivity contribution in [1.82, 2.24) is 5.32 Å². The van der Waals surface area contributed by atoms with Crippen LogP contribution < -0.4 is 10.2 Å². The van der Waals surface area contributed by atoms with Crippen LogP contribution in [0.4, 0.5) is 10.1 Å². The number of fused-ring (bicyclic) bond motifs is 3. The highest BCUT2D eigenvalue weighted by molar-refractivity contribution is 6.31. The Kier molecular flexibility index (Phi) is 3.53. The molecular formula is C12H15Cl2FN2. The van der Waals surface area contributed by atoms with Crippen LogP contribution in [0, 0.1) is 5.82 Å². The molecule has 0 amide bonds. The predicted molar refractivity (Wildman–Crippen MR) is 71.0 cm³/mol. The lowest BCUT2D eigenvalue weighted by Crippen LogP contribution is -2.55. The number of anilines is 1. The molecule has 2 aliphatic heterocycles. The minimum absolute atomic E-state index is 0. The average molecular weight is 277 g/mol. The van der Waals surface area contributed by atoms with Gasteiger partial charge in [-0.2, -0.15) is 0 Å². The summed E-state index contributed by atoms with van der Waals surface area (Å²) in [6, 6.07) is 4.32. The number of nitrogens with one attached hydrogen (secondary N) is 1. The maximum Gasteiger partial charge on any atom is 0.165 e. The lowest BCUT2D eigenvalue weighted by atomic mass is 10.1. The molecule has 2 heterocycles. The molecule has 0 aliphatic carbocycles. The van der Waals surface area contributed by atoms with Crippen LogP contribution in [0.2, 0.25) is 5.02 Å². The Morgan fingerprint density at radius 3 is 2.94 bits per heavy atom. The summed E-state index contributed by atoms with van der Waals surface area (Å²) >= 11 is 5.85. The first-order valence-electron chi connectivity index (χ1n) is 5.64. The minimum Gasteiger partial charge on any atom is -0.360 e. The first-order valence-corrected chi connectivity index (χ1v) is 6.02. The van der Waals surface area contributed by atoms with Crippen LogP contribution in [0.15, 0.2) is 12.1 Å². The number of hydrogen-bond donors (Lipinski definition) is 1. The molecule has 5 heteroatoms. The van der Waals surface area contributed by atoms with E-state index in [1.165, 1.54) is 0 Å². The molecule has 2 atom stereocenters. The molecule has 0 saturated carbocycles. The van der Waals surface area contributed by atoms with Crippen molar-refractivity contribution in [3.05, 3.63) is 28.5 Å². The highest BCUT2D eigenvalue weighted by atomic mass is 35.5. The van der Waals surface area contributed by atoms with Crippen LogP contribution in [0.1, 0.15) is 12.5 Å². The molecular weight excluding hydrogens is 262 g/mol. The summed E-state index contributed by atoms with van der Waals surface area (Å²) in [5.74, 6) is -0.254. The third kappa shape index (κ3) is 1.90. The summed E-state index contributed by atoms with van der Waals surface area (Å²) in [6.07, 6.45) is 0.917. The smallest absolute Gasteiger partial charge is 0.165 e. The van der Waals surface area contributed by atoms with Crippen LogP contribution in [-0.2, 0) is 6.42 Å². The second kappa shape index (κ2) is 4.63. The van der Waals surface area contributed by atoms with Crippen LogP contribution >= 0.6 is 24.0 Å². The van der Waals surface area contributed by atoms with Gasteiger partial charge in [0, 0.05) is 25.2 Å². The Balaban J connectivity index is 0.00000108. The number of rotatable bonds is 0. The van der Waals surface area contributed by atoms with Crippen molar-refractivity contribution in [1.29, 1.82) is 0 Å². The van der Waals surface area contributed by atoms with Gasteiger partial charge in [-0.3, -0.25) is 0 Å². The second-order valence-corrected chi connectivity index (χ2v) is 5.05. The quantitative estimate of drug-likeness (QED) is 0.784. The minimum atomic E-state index is -0.254. The number of benzene rings is 1. The van der Waals surface area contributed by atoms with E-state index in [9.17, 15) is 4.39 Å². The van der Waals surface area contributed by atoms with Crippen LogP contribution in [0.5, 0.6) is 0 Å². The molecule has 2 aliphatic rings. The predicted octanol–water partition coefficient (Wildman–Crippen LogP) is 2.62. The topological polar surface area (TPSA) is 15.3 Å². The number of halogens is 3. The van der Waals surface area contributed by atoms with Gasteiger partial charge in [0.15, 0.2) is 5.82 Å². The van der Waals surface area contributed by atoms with Crippen LogP contribution in [0.3, 0.4) is 0 Å². The largest absolute Gasteiger partial charge is 0.360 e. The summed E-state index contributed by atoms with van der Waals surface area (Å²) < 4.78 is 14.1. The van der Waals surface area contributed by atoms with Gasteiger partial charge in [-0.15, -0.1) is 12.4 Å². The fourth-order valence-electron chi connectivity index (χ4n) is 2.87. The fourth-order valence-corrected chi connectivity index (χ4v) is 3.02. The van der Waals surface area contributed by atoms with E-state index in [2.05, 4.69) is 17.1 Å². The zero-order chi connectivity index (χ0) is 11.3. The molecule has 1 fully saturated rings. The molecule has 0 bridgehead atoms. The first kappa shape index (κ1) is 12.9. The molecule has 0 spiro atoms. The van der Waals surface area contributed by atoms with E-state index >= 15 is 0 Å². The zero-order valence-corrected chi connectivity index (χ0v) is 11.1. The van der Waals surface area contributed by atoms with E-state index in [0.29, 0.717) is 12.1 Å². The Morgan fingerprint density at radius 1 is 1.41 bits per heavy atom. The fraction of sp³-hybridized carbons (Fsp3) is 0.500. The Morgan fingerprint density at radius 2 is 2.18 bits per heavy atom. The van der Waals surface area contributed by atoms with Crippen LogP contribution in [-0.4, -0.2) is 25.2 Å². The molecule has 1 unspecified atom stereocenters. The molecule has 2 nitrogen and oxygen atoms in total. The molecule has 1 aromatic rings. The van der Waals surface area contributed by atoms with Gasteiger partial charge in [-0.25, -0.2) is 4.39 Å². The molecule has 0 radical (unpaired) electrons. The number of piperazine rings is 1. The van der Waals surface area contributed by atoms with Gasteiger partial charge in [-0.05, 0) is 25.0 Å². The van der Waals surface area contributed by atoms with Crippen molar-refractivity contribution in [3.63, 3.8) is 0 Å². The lowest BCUT2D eigenvalue weighted by molar-refractivity contribution is 0.426. The van der Waals surface area contributed by atoms with Gasteiger partial charge < -0.3 is 10.2 Å². The van der Waals surface area contributed by atoms with Gasteiger partial charge in [-0.1, -0.05) is 17.7 Å². The summed E-state index contributed by atoms with van der Waals surface area (Å²) in [7, 11) is 0. The van der Waals surface area contributed by atoms with Crippen molar-refractivity contribution in [2.75, 3.05) is 18.0 Å². The van der Waals surface area contributed by atoms with Gasteiger partial charge in [0.2, 0.25) is 0 Å². The molecule has 94 valence electrons. The van der Waals surface area contributed by atoms with Crippen molar-refractivity contribution in [3.8, 4) is 0 Å². The van der Waals surface area contributed by atoms with E-state index in [1.807, 2.05) is 6.07 Å². The molecule has 3 rings (SSSR count). The maximum absolute atomic E-state index is 14.1. The van der Waals surface area contributed by atoms with Gasteiger partial charge in [0.1, 0.15) is 0 Å². The molecule has 1 saturated heterocycles. The van der Waals surface area contributed by atoms with Gasteiger partial charge >= 0.3 is 0 Å². The maximum atomic E-state index is 14.1. The molecule has 1 N–H and O–H groups in total. The third-order valence-corrected chi connectivity index (χ3v) is 3.85. The normalized spacial score (nSPS) is 26.2. The average Bonchev–Trinajstić information content (AvgIpc) is 2.64. The third-order valence-electron chi connectivity index (χ3n) is 3.55. The molecule has 17 heavy (non-hydrogen) atoms. The van der Waals surface area contributed by atoms with E-state index in [4.69, 9.17) is 11.6 Å². The lowest BCUT2D eigenvalue weighted by Gasteiger charge is -2.38. The summed E-state index contributed by atoms with van der Waals surface area (Å²) in [4.78, 5) is 2.19. The highest BCUT2D eigenvalue weighted by Crippen LogP contribution is 2.39. The Hall–Kier alpha value is -0.510. The van der Waals surface area contributed by atoms with Crippen molar-refractivity contribution < 1.29 is 4.39 Å². The van der Waals surface area contributed by atoms with E-state index in [-0.39, 0.29) is 23.2 Å². The first-order chi connectivity index (χ1) is 7.68. The second-order valence-electron chi connectivity index (χ2n) is 4.64. The van der Waals surface area contributed by atoms with Crippen molar-refractivity contribution >= 4 is 29.7 Å². The van der Waals surface area contributed by atoms with E-state index in [0.717, 1.165) is 30.8 Å². The van der Waals surface area contributed by atoms with Crippen molar-refractivity contribution in [2.45, 2.75) is 25.4 Å². The monoisotopic (exact) mass is 276 g/mol. The molecule has 0 aromatic heterocycles. The Bertz CT molecular complexity index is 439. The highest BCUT2D eigenvalue weighted by Gasteiger charge is 2.37. The zero-order valence-electron chi connectivity index (χ0n) is 9.54. The van der Waals surface area contributed by atoms with Gasteiger partial charge in [0.05, 0.1) is 10.7 Å². The number of nitrogens with zero attached hydrogens (tertiary/aromatic N) is 1. The molecule has 1 aromatic carbocycles. The van der Waals surface area contributed by atoms with Crippen LogP contribution in [0.25, 0.3) is 0 Å². The standard InChI is InChI=1S/C12H14ClFN2.ClH/c1-7-5-15-6-9-4-8-2-3-10(13)11(14)12(8)16(7)9;/h2-3,7,9,15H,4-6H2,1H3;1H/t7?,9-;/m1./s1. The number of hydrogen-bond acceptors (Lipinski definition) is 2.